The number of hydrogen-bond acceptors (Lipinski definition) is 5. The number of thioether (sulfide) groups is 1. The van der Waals surface area contributed by atoms with Crippen LogP contribution < -0.4 is 9.47 Å². The predicted molar refractivity (Wildman–Crippen MR) is 97.4 cm³/mol. The highest BCUT2D eigenvalue weighted by atomic mass is 32.2. The third-order valence-electron chi connectivity index (χ3n) is 3.38. The maximum absolute atomic E-state index is 12.5. The van der Waals surface area contributed by atoms with Gasteiger partial charge in [0.2, 0.25) is 5.75 Å². The fourth-order valence-electron chi connectivity index (χ4n) is 2.22. The zero-order valence-corrected chi connectivity index (χ0v) is 14.7. The van der Waals surface area contributed by atoms with Crippen molar-refractivity contribution >= 4 is 23.6 Å². The van der Waals surface area contributed by atoms with Gasteiger partial charge in [-0.15, -0.1) is 11.8 Å². The summed E-state index contributed by atoms with van der Waals surface area (Å²) in [5.74, 6) is 1.36. The van der Waals surface area contributed by atoms with Gasteiger partial charge in [-0.25, -0.2) is 0 Å². The number of phenolic OH excluding ortho intramolecular Hbond substituents is 1. The average molecular weight is 344 g/mol. The maximum atomic E-state index is 12.5. The number of ketones is 1. The molecule has 0 unspecified atom stereocenters. The molecule has 0 bridgehead atoms. The summed E-state index contributed by atoms with van der Waals surface area (Å²) in [4.78, 5) is 13.4. The third-order valence-corrected chi connectivity index (χ3v) is 4.34. The number of rotatable bonds is 7. The van der Waals surface area contributed by atoms with Crippen molar-refractivity contribution < 1.29 is 19.4 Å². The lowest BCUT2D eigenvalue weighted by Crippen LogP contribution is -1.97. The van der Waals surface area contributed by atoms with Crippen molar-refractivity contribution in [2.75, 3.05) is 20.0 Å². The fraction of sp³-hybridized carbons (Fsp3) is 0.211. The first kappa shape index (κ1) is 17.9. The van der Waals surface area contributed by atoms with Gasteiger partial charge in [0.15, 0.2) is 17.3 Å². The minimum atomic E-state index is -0.0717. The van der Waals surface area contributed by atoms with Crippen LogP contribution in [0.3, 0.4) is 0 Å². The molecular weight excluding hydrogens is 324 g/mol. The van der Waals surface area contributed by atoms with Gasteiger partial charge in [-0.1, -0.05) is 25.1 Å². The molecule has 0 aromatic heterocycles. The van der Waals surface area contributed by atoms with E-state index in [9.17, 15) is 9.90 Å². The van der Waals surface area contributed by atoms with Crippen LogP contribution in [0.2, 0.25) is 0 Å². The molecule has 0 radical (unpaired) electrons. The summed E-state index contributed by atoms with van der Waals surface area (Å²) in [5.41, 5.74) is 1.38. The van der Waals surface area contributed by atoms with Crippen LogP contribution in [0, 0.1) is 0 Å². The van der Waals surface area contributed by atoms with Crippen molar-refractivity contribution in [2.45, 2.75) is 11.8 Å². The highest BCUT2D eigenvalue weighted by Crippen LogP contribution is 2.37. The molecule has 0 atom stereocenters. The van der Waals surface area contributed by atoms with E-state index in [1.54, 1.807) is 30.0 Å². The molecule has 0 spiro atoms. The molecule has 1 N–H and O–H groups in total. The Kier molecular flexibility index (Phi) is 6.32. The maximum Gasteiger partial charge on any atom is 0.200 e. The molecule has 4 nitrogen and oxygen atoms in total. The number of aromatic hydroxyl groups is 1. The van der Waals surface area contributed by atoms with Crippen LogP contribution in [0.15, 0.2) is 47.4 Å². The molecule has 2 rings (SSSR count). The molecule has 0 heterocycles. The van der Waals surface area contributed by atoms with E-state index in [-0.39, 0.29) is 11.5 Å². The van der Waals surface area contributed by atoms with Crippen LogP contribution in [0.25, 0.3) is 6.08 Å². The zero-order chi connectivity index (χ0) is 17.5. The van der Waals surface area contributed by atoms with Gasteiger partial charge in [0, 0.05) is 10.5 Å². The molecule has 0 saturated heterocycles. The van der Waals surface area contributed by atoms with Crippen molar-refractivity contribution in [3.63, 3.8) is 0 Å². The molecule has 5 heteroatoms. The fourth-order valence-corrected chi connectivity index (χ4v) is 3.03. The Morgan fingerprint density at radius 2 is 1.79 bits per heavy atom. The Bertz CT molecular complexity index is 728. The lowest BCUT2D eigenvalue weighted by atomic mass is 10.1. The van der Waals surface area contributed by atoms with Crippen LogP contribution in [0.1, 0.15) is 22.8 Å². The van der Waals surface area contributed by atoms with Crippen molar-refractivity contribution in [1.29, 1.82) is 0 Å². The Morgan fingerprint density at radius 3 is 2.38 bits per heavy atom. The molecule has 2 aromatic rings. The summed E-state index contributed by atoms with van der Waals surface area (Å²) >= 11 is 1.64. The number of methoxy groups -OCH3 is 2. The number of allylic oxidation sites excluding steroid dienone is 1. The number of carbonyl (C=O) groups excluding carboxylic acids is 1. The van der Waals surface area contributed by atoms with E-state index in [1.807, 2.05) is 24.3 Å². The van der Waals surface area contributed by atoms with Crippen molar-refractivity contribution in [2.24, 2.45) is 0 Å². The van der Waals surface area contributed by atoms with Gasteiger partial charge in [-0.2, -0.15) is 0 Å². The standard InChI is InChI=1S/C19H20O4S/c1-4-24-18-8-6-5-7-14(18)15(20)10-9-13-11-16(22-2)19(21)17(12-13)23-3/h5-12,21H,4H2,1-3H3/b10-9+. The molecule has 2 aromatic carbocycles. The summed E-state index contributed by atoms with van der Waals surface area (Å²) in [7, 11) is 2.93. The minimum Gasteiger partial charge on any atom is -0.502 e. The average Bonchev–Trinajstić information content (AvgIpc) is 2.61. The molecule has 0 amide bonds. The Morgan fingerprint density at radius 1 is 1.17 bits per heavy atom. The first-order valence-electron chi connectivity index (χ1n) is 7.50. The van der Waals surface area contributed by atoms with E-state index in [0.29, 0.717) is 22.6 Å². The predicted octanol–water partition coefficient (Wildman–Crippen LogP) is 4.42. The number of phenols is 1. The van der Waals surface area contributed by atoms with Crippen LogP contribution in [-0.2, 0) is 0 Å². The van der Waals surface area contributed by atoms with Gasteiger partial charge in [0.25, 0.3) is 0 Å². The second-order valence-corrected chi connectivity index (χ2v) is 6.21. The Balaban J connectivity index is 2.29. The first-order chi connectivity index (χ1) is 11.6. The van der Waals surface area contributed by atoms with Gasteiger partial charge in [-0.05, 0) is 41.7 Å². The van der Waals surface area contributed by atoms with E-state index in [0.717, 1.165) is 10.6 Å². The smallest absolute Gasteiger partial charge is 0.200 e. The zero-order valence-electron chi connectivity index (χ0n) is 13.9. The Hall–Kier alpha value is -2.40. The summed E-state index contributed by atoms with van der Waals surface area (Å²) in [6.07, 6.45) is 3.19. The molecule has 0 aliphatic rings. The van der Waals surface area contributed by atoms with E-state index < -0.39 is 0 Å². The van der Waals surface area contributed by atoms with Gasteiger partial charge < -0.3 is 14.6 Å². The normalized spacial score (nSPS) is 10.8. The van der Waals surface area contributed by atoms with Gasteiger partial charge in [-0.3, -0.25) is 4.79 Å². The van der Waals surface area contributed by atoms with E-state index >= 15 is 0 Å². The highest BCUT2D eigenvalue weighted by molar-refractivity contribution is 7.99. The van der Waals surface area contributed by atoms with Crippen LogP contribution in [-0.4, -0.2) is 30.9 Å². The first-order valence-corrected chi connectivity index (χ1v) is 8.48. The van der Waals surface area contributed by atoms with Crippen molar-refractivity contribution in [3.05, 3.63) is 53.6 Å². The van der Waals surface area contributed by atoms with Gasteiger partial charge >= 0.3 is 0 Å². The number of carbonyl (C=O) groups is 1. The molecule has 0 fully saturated rings. The number of ether oxygens (including phenoxy) is 2. The van der Waals surface area contributed by atoms with Crippen LogP contribution in [0.5, 0.6) is 17.2 Å². The summed E-state index contributed by atoms with van der Waals surface area (Å²) in [5, 5.41) is 9.92. The summed E-state index contributed by atoms with van der Waals surface area (Å²) in [6, 6.07) is 10.8. The van der Waals surface area contributed by atoms with Crippen molar-refractivity contribution in [1.82, 2.24) is 0 Å². The molecule has 0 aliphatic carbocycles. The van der Waals surface area contributed by atoms with Crippen LogP contribution in [0.4, 0.5) is 0 Å². The van der Waals surface area contributed by atoms with Gasteiger partial charge in [0.1, 0.15) is 0 Å². The van der Waals surface area contributed by atoms with Crippen molar-refractivity contribution in [3.8, 4) is 17.2 Å². The quantitative estimate of drug-likeness (QED) is 0.458. The van der Waals surface area contributed by atoms with E-state index in [4.69, 9.17) is 9.47 Å². The monoisotopic (exact) mass is 344 g/mol. The molecular formula is C19H20O4S. The molecule has 0 saturated carbocycles. The lowest BCUT2D eigenvalue weighted by Gasteiger charge is -2.09. The van der Waals surface area contributed by atoms with Crippen LogP contribution >= 0.6 is 11.8 Å². The SMILES string of the molecule is CCSc1ccccc1C(=O)/C=C/c1cc(OC)c(O)c(OC)c1. The lowest BCUT2D eigenvalue weighted by molar-refractivity contribution is 0.104. The largest absolute Gasteiger partial charge is 0.502 e. The minimum absolute atomic E-state index is 0.0619. The number of hydrogen-bond donors (Lipinski definition) is 1. The molecule has 0 aliphatic heterocycles. The highest BCUT2D eigenvalue weighted by Gasteiger charge is 2.11. The summed E-state index contributed by atoms with van der Waals surface area (Å²) in [6.45, 7) is 2.05. The topological polar surface area (TPSA) is 55.8 Å². The molecule has 126 valence electrons. The van der Waals surface area contributed by atoms with E-state index in [2.05, 4.69) is 6.92 Å². The Labute approximate surface area is 146 Å². The van der Waals surface area contributed by atoms with Gasteiger partial charge in [0.05, 0.1) is 14.2 Å². The molecule has 24 heavy (non-hydrogen) atoms. The second kappa shape index (κ2) is 8.45. The third kappa shape index (κ3) is 4.11. The summed E-state index contributed by atoms with van der Waals surface area (Å²) < 4.78 is 10.2. The second-order valence-electron chi connectivity index (χ2n) is 4.90. The number of benzene rings is 2. The van der Waals surface area contributed by atoms with E-state index in [1.165, 1.54) is 20.3 Å².